The summed E-state index contributed by atoms with van der Waals surface area (Å²) in [6.07, 6.45) is 2.01. The highest BCUT2D eigenvalue weighted by molar-refractivity contribution is 9.10. The molecule has 0 fully saturated rings. The zero-order valence-electron chi connectivity index (χ0n) is 7.00. The van der Waals surface area contributed by atoms with Crippen molar-refractivity contribution in [3.05, 3.63) is 22.3 Å². The third kappa shape index (κ3) is 2.77. The number of pyridine rings is 1. The molecule has 1 aromatic heterocycles. The van der Waals surface area contributed by atoms with Crippen LogP contribution in [0, 0.1) is 0 Å². The zero-order valence-corrected chi connectivity index (χ0v) is 9.41. The topological polar surface area (TPSA) is 22.1 Å². The van der Waals surface area contributed by atoms with Crippen LogP contribution in [0.4, 0.5) is 0 Å². The summed E-state index contributed by atoms with van der Waals surface area (Å²) in [5.41, 5.74) is 1.14. The van der Waals surface area contributed by atoms with Crippen molar-refractivity contribution in [2.24, 2.45) is 0 Å². The van der Waals surface area contributed by atoms with Crippen molar-refractivity contribution < 1.29 is 4.74 Å². The predicted molar refractivity (Wildman–Crippen MR) is 54.4 cm³/mol. The largest absolute Gasteiger partial charge is 0.380 e. The number of nitrogens with zero attached hydrogens (tertiary/aromatic N) is 1. The van der Waals surface area contributed by atoms with Gasteiger partial charge in [0.2, 0.25) is 0 Å². The van der Waals surface area contributed by atoms with Crippen molar-refractivity contribution in [3.63, 3.8) is 0 Å². The van der Waals surface area contributed by atoms with E-state index >= 15 is 0 Å². The summed E-state index contributed by atoms with van der Waals surface area (Å²) in [5, 5.41) is 1.01. The lowest BCUT2D eigenvalue weighted by Crippen LogP contribution is -1.90. The van der Waals surface area contributed by atoms with Crippen LogP contribution in [0.2, 0.25) is 0 Å². The van der Waals surface area contributed by atoms with E-state index in [9.17, 15) is 0 Å². The Bertz CT molecular complexity index is 267. The van der Waals surface area contributed by atoms with Crippen LogP contribution in [0.25, 0.3) is 0 Å². The van der Waals surface area contributed by atoms with Gasteiger partial charge in [0.05, 0.1) is 11.6 Å². The molecular formula is C8H10BrNOS. The summed E-state index contributed by atoms with van der Waals surface area (Å²) >= 11 is 4.97. The molecule has 0 aliphatic heterocycles. The van der Waals surface area contributed by atoms with Crippen molar-refractivity contribution in [2.75, 3.05) is 13.4 Å². The Hall–Kier alpha value is -0.0600. The average molecular weight is 248 g/mol. The fourth-order valence-corrected chi connectivity index (χ4v) is 1.94. The second kappa shape index (κ2) is 4.84. The Morgan fingerprint density at radius 2 is 2.33 bits per heavy atom. The number of ether oxygens (including phenoxy) is 1. The van der Waals surface area contributed by atoms with Gasteiger partial charge >= 0.3 is 0 Å². The Morgan fingerprint density at radius 1 is 1.58 bits per heavy atom. The minimum atomic E-state index is 0.634. The van der Waals surface area contributed by atoms with E-state index in [4.69, 9.17) is 4.74 Å². The number of aromatic nitrogens is 1. The Labute approximate surface area is 84.9 Å². The van der Waals surface area contributed by atoms with Crippen LogP contribution in [-0.4, -0.2) is 18.3 Å². The van der Waals surface area contributed by atoms with E-state index < -0.39 is 0 Å². The van der Waals surface area contributed by atoms with Crippen LogP contribution in [0.5, 0.6) is 0 Å². The molecule has 0 aliphatic carbocycles. The van der Waals surface area contributed by atoms with Crippen molar-refractivity contribution in [1.82, 2.24) is 4.98 Å². The molecule has 66 valence electrons. The van der Waals surface area contributed by atoms with Crippen LogP contribution in [0.3, 0.4) is 0 Å². The molecule has 0 saturated heterocycles. The van der Waals surface area contributed by atoms with E-state index in [1.807, 2.05) is 18.4 Å². The van der Waals surface area contributed by atoms with E-state index in [1.165, 1.54) is 0 Å². The maximum absolute atomic E-state index is 5.02. The fourth-order valence-electron chi connectivity index (χ4n) is 0.878. The van der Waals surface area contributed by atoms with Gasteiger partial charge in [-0.25, -0.2) is 4.98 Å². The lowest BCUT2D eigenvalue weighted by Gasteiger charge is -2.02. The van der Waals surface area contributed by atoms with Crippen LogP contribution >= 0.6 is 27.7 Å². The molecule has 1 heterocycles. The predicted octanol–water partition coefficient (Wildman–Crippen LogP) is 2.71. The lowest BCUT2D eigenvalue weighted by atomic mass is 10.3. The molecule has 0 bridgehead atoms. The van der Waals surface area contributed by atoms with E-state index in [0.29, 0.717) is 6.61 Å². The highest BCUT2D eigenvalue weighted by Gasteiger charge is 1.99. The molecule has 0 spiro atoms. The smallest absolute Gasteiger partial charge is 0.107 e. The van der Waals surface area contributed by atoms with Crippen LogP contribution in [0.15, 0.2) is 21.8 Å². The minimum absolute atomic E-state index is 0.634. The summed E-state index contributed by atoms with van der Waals surface area (Å²) < 4.78 is 5.89. The molecule has 4 heteroatoms. The van der Waals surface area contributed by atoms with Gasteiger partial charge in [-0.15, -0.1) is 11.8 Å². The standard InChI is InChI=1S/C8H10BrNOS/c1-11-5-6-3-7(9)10-8(4-6)12-2/h3-4H,5H2,1-2H3. The maximum atomic E-state index is 5.02. The summed E-state index contributed by atoms with van der Waals surface area (Å²) in [4.78, 5) is 4.26. The molecule has 1 aromatic rings. The van der Waals surface area contributed by atoms with Crippen molar-refractivity contribution in [2.45, 2.75) is 11.6 Å². The molecule has 0 N–H and O–H groups in total. The van der Waals surface area contributed by atoms with Crippen molar-refractivity contribution in [1.29, 1.82) is 0 Å². The second-order valence-corrected chi connectivity index (χ2v) is 3.91. The number of halogens is 1. The summed E-state index contributed by atoms with van der Waals surface area (Å²) in [5.74, 6) is 0. The highest BCUT2D eigenvalue weighted by atomic mass is 79.9. The molecule has 0 aliphatic rings. The molecule has 0 radical (unpaired) electrons. The molecule has 0 saturated carbocycles. The Kier molecular flexibility index (Phi) is 4.05. The van der Waals surface area contributed by atoms with Gasteiger partial charge in [0.15, 0.2) is 0 Å². The van der Waals surface area contributed by atoms with E-state index in [0.717, 1.165) is 15.2 Å². The number of methoxy groups -OCH3 is 1. The number of thioether (sulfide) groups is 1. The summed E-state index contributed by atoms with van der Waals surface area (Å²) in [6.45, 7) is 0.634. The molecule has 12 heavy (non-hydrogen) atoms. The number of hydrogen-bond donors (Lipinski definition) is 0. The minimum Gasteiger partial charge on any atom is -0.380 e. The van der Waals surface area contributed by atoms with Gasteiger partial charge in [0.1, 0.15) is 4.60 Å². The highest BCUT2D eigenvalue weighted by Crippen LogP contribution is 2.18. The van der Waals surface area contributed by atoms with Gasteiger partial charge in [0.25, 0.3) is 0 Å². The first-order valence-corrected chi connectivity index (χ1v) is 5.47. The van der Waals surface area contributed by atoms with Gasteiger partial charge in [-0.3, -0.25) is 0 Å². The third-order valence-electron chi connectivity index (χ3n) is 1.35. The van der Waals surface area contributed by atoms with Crippen LogP contribution in [-0.2, 0) is 11.3 Å². The second-order valence-electron chi connectivity index (χ2n) is 2.27. The van der Waals surface area contributed by atoms with Crippen LogP contribution < -0.4 is 0 Å². The Morgan fingerprint density at radius 3 is 2.92 bits per heavy atom. The van der Waals surface area contributed by atoms with Crippen LogP contribution in [0.1, 0.15) is 5.56 Å². The van der Waals surface area contributed by atoms with Gasteiger partial charge in [-0.05, 0) is 39.9 Å². The van der Waals surface area contributed by atoms with E-state index in [-0.39, 0.29) is 0 Å². The molecule has 0 unspecified atom stereocenters. The number of rotatable bonds is 3. The quantitative estimate of drug-likeness (QED) is 0.606. The van der Waals surface area contributed by atoms with Crippen molar-refractivity contribution in [3.8, 4) is 0 Å². The van der Waals surface area contributed by atoms with Gasteiger partial charge in [0, 0.05) is 7.11 Å². The first kappa shape index (κ1) is 10.0. The van der Waals surface area contributed by atoms with Gasteiger partial charge in [-0.2, -0.15) is 0 Å². The summed E-state index contributed by atoms with van der Waals surface area (Å²) in [7, 11) is 1.69. The fraction of sp³-hybridized carbons (Fsp3) is 0.375. The van der Waals surface area contributed by atoms with Crippen molar-refractivity contribution >= 4 is 27.7 Å². The lowest BCUT2D eigenvalue weighted by molar-refractivity contribution is 0.184. The first-order chi connectivity index (χ1) is 5.76. The Balaban J connectivity index is 2.90. The monoisotopic (exact) mass is 247 g/mol. The molecule has 0 atom stereocenters. The normalized spacial score (nSPS) is 10.2. The molecule has 2 nitrogen and oxygen atoms in total. The van der Waals surface area contributed by atoms with Gasteiger partial charge < -0.3 is 4.74 Å². The SMILES string of the molecule is COCc1cc(Br)nc(SC)c1. The number of hydrogen-bond acceptors (Lipinski definition) is 3. The zero-order chi connectivity index (χ0) is 8.97. The first-order valence-electron chi connectivity index (χ1n) is 3.45. The van der Waals surface area contributed by atoms with E-state index in [1.54, 1.807) is 18.9 Å². The molecule has 0 amide bonds. The third-order valence-corrected chi connectivity index (χ3v) is 2.38. The maximum Gasteiger partial charge on any atom is 0.107 e. The molecule has 0 aromatic carbocycles. The van der Waals surface area contributed by atoms with Gasteiger partial charge in [-0.1, -0.05) is 0 Å². The molecular weight excluding hydrogens is 238 g/mol. The van der Waals surface area contributed by atoms with E-state index in [2.05, 4.69) is 20.9 Å². The molecule has 1 rings (SSSR count). The average Bonchev–Trinajstić information content (AvgIpc) is 2.04. The summed E-state index contributed by atoms with van der Waals surface area (Å²) in [6, 6.07) is 3.99.